The van der Waals surface area contributed by atoms with Crippen LogP contribution in [0.4, 0.5) is 0 Å². The monoisotopic (exact) mass is 187 g/mol. The van der Waals surface area contributed by atoms with Gasteiger partial charge >= 0.3 is 0 Å². The highest BCUT2D eigenvalue weighted by atomic mass is 15.2. The molecule has 3 nitrogen and oxygen atoms in total. The van der Waals surface area contributed by atoms with Gasteiger partial charge in [0.2, 0.25) is 0 Å². The standard InChI is InChI=1S/C11H13N3/c1-8-4-10(5-9(2)13-8)11-6-12-14(3)7-11/h4-7H,1-3H3. The third-order valence-corrected chi connectivity index (χ3v) is 2.12. The summed E-state index contributed by atoms with van der Waals surface area (Å²) >= 11 is 0. The van der Waals surface area contributed by atoms with Crippen LogP contribution in [-0.2, 0) is 7.05 Å². The minimum atomic E-state index is 1.05. The van der Waals surface area contributed by atoms with E-state index in [1.165, 1.54) is 5.56 Å². The number of aromatic nitrogens is 3. The number of rotatable bonds is 1. The molecule has 0 bridgehead atoms. The van der Waals surface area contributed by atoms with E-state index >= 15 is 0 Å². The summed E-state index contributed by atoms with van der Waals surface area (Å²) in [4.78, 5) is 4.34. The Bertz CT molecular complexity index is 437. The van der Waals surface area contributed by atoms with Crippen molar-refractivity contribution in [3.8, 4) is 11.1 Å². The smallest absolute Gasteiger partial charge is 0.0568 e. The second kappa shape index (κ2) is 3.25. The predicted molar refractivity (Wildman–Crippen MR) is 55.9 cm³/mol. The molecule has 0 aliphatic rings. The van der Waals surface area contributed by atoms with Gasteiger partial charge in [-0.1, -0.05) is 0 Å². The molecule has 0 aliphatic heterocycles. The van der Waals surface area contributed by atoms with Gasteiger partial charge < -0.3 is 0 Å². The van der Waals surface area contributed by atoms with Crippen molar-refractivity contribution in [2.45, 2.75) is 13.8 Å². The first-order valence-electron chi connectivity index (χ1n) is 4.59. The minimum Gasteiger partial charge on any atom is -0.275 e. The van der Waals surface area contributed by atoms with Crippen molar-refractivity contribution in [2.75, 3.05) is 0 Å². The highest BCUT2D eigenvalue weighted by Gasteiger charge is 2.01. The summed E-state index contributed by atoms with van der Waals surface area (Å²) in [5.74, 6) is 0. The number of pyridine rings is 1. The zero-order valence-electron chi connectivity index (χ0n) is 8.65. The quantitative estimate of drug-likeness (QED) is 0.684. The average molecular weight is 187 g/mol. The van der Waals surface area contributed by atoms with E-state index in [1.54, 1.807) is 4.68 Å². The summed E-state index contributed by atoms with van der Waals surface area (Å²) in [5, 5.41) is 4.15. The molecule has 0 aliphatic carbocycles. The third-order valence-electron chi connectivity index (χ3n) is 2.12. The molecule has 2 heterocycles. The highest BCUT2D eigenvalue weighted by Crippen LogP contribution is 2.19. The van der Waals surface area contributed by atoms with Gasteiger partial charge in [0.1, 0.15) is 0 Å². The van der Waals surface area contributed by atoms with Gasteiger partial charge in [-0.25, -0.2) is 0 Å². The Balaban J connectivity index is 2.51. The Labute approximate surface area is 83.4 Å². The molecular formula is C11H13N3. The second-order valence-electron chi connectivity index (χ2n) is 3.54. The van der Waals surface area contributed by atoms with E-state index < -0.39 is 0 Å². The van der Waals surface area contributed by atoms with E-state index in [2.05, 4.69) is 22.2 Å². The third kappa shape index (κ3) is 1.66. The Morgan fingerprint density at radius 1 is 1.07 bits per heavy atom. The maximum atomic E-state index is 4.34. The number of aryl methyl sites for hydroxylation is 3. The van der Waals surface area contributed by atoms with Crippen LogP contribution >= 0.6 is 0 Å². The molecule has 2 aromatic heterocycles. The van der Waals surface area contributed by atoms with Gasteiger partial charge in [-0.3, -0.25) is 9.67 Å². The molecule has 14 heavy (non-hydrogen) atoms. The molecule has 0 unspecified atom stereocenters. The summed E-state index contributed by atoms with van der Waals surface area (Å²) < 4.78 is 1.81. The fourth-order valence-corrected chi connectivity index (χ4v) is 1.57. The summed E-state index contributed by atoms with van der Waals surface area (Å²) in [6.45, 7) is 4.01. The van der Waals surface area contributed by atoms with Gasteiger partial charge in [0.15, 0.2) is 0 Å². The van der Waals surface area contributed by atoms with Crippen molar-refractivity contribution in [3.63, 3.8) is 0 Å². The maximum Gasteiger partial charge on any atom is 0.0568 e. The number of nitrogens with zero attached hydrogens (tertiary/aromatic N) is 3. The molecule has 0 amide bonds. The lowest BCUT2D eigenvalue weighted by Crippen LogP contribution is -1.87. The number of hydrogen-bond acceptors (Lipinski definition) is 2. The Morgan fingerprint density at radius 3 is 2.21 bits per heavy atom. The molecule has 0 saturated heterocycles. The van der Waals surface area contributed by atoms with Gasteiger partial charge in [-0.05, 0) is 31.5 Å². The Hall–Kier alpha value is -1.64. The Kier molecular flexibility index (Phi) is 2.08. The minimum absolute atomic E-state index is 1.05. The Morgan fingerprint density at radius 2 is 1.71 bits per heavy atom. The van der Waals surface area contributed by atoms with E-state index in [9.17, 15) is 0 Å². The topological polar surface area (TPSA) is 30.7 Å². The SMILES string of the molecule is Cc1cc(-c2cnn(C)c2)cc(C)n1. The predicted octanol–water partition coefficient (Wildman–Crippen LogP) is 2.10. The van der Waals surface area contributed by atoms with Crippen LogP contribution in [0.25, 0.3) is 11.1 Å². The molecule has 0 saturated carbocycles. The highest BCUT2D eigenvalue weighted by molar-refractivity contribution is 5.62. The van der Waals surface area contributed by atoms with Crippen molar-refractivity contribution in [1.82, 2.24) is 14.8 Å². The largest absolute Gasteiger partial charge is 0.275 e. The molecule has 0 fully saturated rings. The van der Waals surface area contributed by atoms with Crippen LogP contribution in [0.5, 0.6) is 0 Å². The van der Waals surface area contributed by atoms with Gasteiger partial charge in [0.05, 0.1) is 6.20 Å². The summed E-state index contributed by atoms with van der Waals surface area (Å²) in [7, 11) is 1.92. The van der Waals surface area contributed by atoms with Crippen molar-refractivity contribution in [2.24, 2.45) is 7.05 Å². The van der Waals surface area contributed by atoms with Crippen LogP contribution in [0, 0.1) is 13.8 Å². The van der Waals surface area contributed by atoms with E-state index in [0.717, 1.165) is 17.0 Å². The van der Waals surface area contributed by atoms with Crippen LogP contribution in [-0.4, -0.2) is 14.8 Å². The van der Waals surface area contributed by atoms with Crippen LogP contribution in [0.3, 0.4) is 0 Å². The van der Waals surface area contributed by atoms with Crippen molar-refractivity contribution in [1.29, 1.82) is 0 Å². The maximum absolute atomic E-state index is 4.34. The molecule has 2 rings (SSSR count). The van der Waals surface area contributed by atoms with Gasteiger partial charge in [-0.15, -0.1) is 0 Å². The van der Waals surface area contributed by atoms with E-state index in [4.69, 9.17) is 0 Å². The molecule has 0 atom stereocenters. The van der Waals surface area contributed by atoms with Crippen molar-refractivity contribution < 1.29 is 0 Å². The first kappa shape index (κ1) is 8.94. The van der Waals surface area contributed by atoms with Gasteiger partial charge in [0, 0.05) is 30.2 Å². The van der Waals surface area contributed by atoms with E-state index in [-0.39, 0.29) is 0 Å². The second-order valence-corrected chi connectivity index (χ2v) is 3.54. The molecule has 72 valence electrons. The first-order valence-corrected chi connectivity index (χ1v) is 4.59. The molecule has 0 radical (unpaired) electrons. The lowest BCUT2D eigenvalue weighted by atomic mass is 10.1. The van der Waals surface area contributed by atoms with E-state index in [0.29, 0.717) is 0 Å². The van der Waals surface area contributed by atoms with Gasteiger partial charge in [0.25, 0.3) is 0 Å². The van der Waals surface area contributed by atoms with Crippen LogP contribution in [0.1, 0.15) is 11.4 Å². The van der Waals surface area contributed by atoms with Crippen LogP contribution in [0.15, 0.2) is 24.5 Å². The van der Waals surface area contributed by atoms with E-state index in [1.807, 2.05) is 33.3 Å². The lowest BCUT2D eigenvalue weighted by Gasteiger charge is -2.00. The normalized spacial score (nSPS) is 10.5. The first-order chi connectivity index (χ1) is 6.65. The average Bonchev–Trinajstić information content (AvgIpc) is 2.50. The lowest BCUT2D eigenvalue weighted by molar-refractivity contribution is 0.768. The summed E-state index contributed by atoms with van der Waals surface area (Å²) in [6.07, 6.45) is 3.88. The van der Waals surface area contributed by atoms with Crippen molar-refractivity contribution in [3.05, 3.63) is 35.9 Å². The van der Waals surface area contributed by atoms with Crippen LogP contribution < -0.4 is 0 Å². The fraction of sp³-hybridized carbons (Fsp3) is 0.273. The summed E-state index contributed by atoms with van der Waals surface area (Å²) in [6, 6.07) is 4.15. The van der Waals surface area contributed by atoms with Crippen LogP contribution in [0.2, 0.25) is 0 Å². The molecule has 0 spiro atoms. The molecule has 0 N–H and O–H groups in total. The fourth-order valence-electron chi connectivity index (χ4n) is 1.57. The molecular weight excluding hydrogens is 174 g/mol. The summed E-state index contributed by atoms with van der Waals surface area (Å²) in [5.41, 5.74) is 4.41. The molecule has 2 aromatic rings. The molecule has 3 heteroatoms. The zero-order valence-corrected chi connectivity index (χ0v) is 8.65. The number of hydrogen-bond donors (Lipinski definition) is 0. The zero-order chi connectivity index (χ0) is 10.1. The van der Waals surface area contributed by atoms with Crippen molar-refractivity contribution >= 4 is 0 Å². The molecule has 0 aromatic carbocycles. The van der Waals surface area contributed by atoms with Gasteiger partial charge in [-0.2, -0.15) is 5.10 Å².